The molecular formula is C8H7F2NO2. The van der Waals surface area contributed by atoms with E-state index in [0.717, 1.165) is 12.1 Å². The Morgan fingerprint density at radius 2 is 2.15 bits per heavy atom. The van der Waals surface area contributed by atoms with E-state index in [1.165, 1.54) is 7.05 Å². The third kappa shape index (κ3) is 2.40. The lowest BCUT2D eigenvalue weighted by molar-refractivity contribution is 0.200. The van der Waals surface area contributed by atoms with Crippen molar-refractivity contribution >= 4 is 6.09 Å². The lowest BCUT2D eigenvalue weighted by Crippen LogP contribution is -2.22. The maximum absolute atomic E-state index is 12.8. The van der Waals surface area contributed by atoms with Gasteiger partial charge in [0.1, 0.15) is 5.82 Å². The summed E-state index contributed by atoms with van der Waals surface area (Å²) >= 11 is 0. The van der Waals surface area contributed by atoms with Gasteiger partial charge in [-0.25, -0.2) is 13.6 Å². The van der Waals surface area contributed by atoms with Crippen LogP contribution in [-0.4, -0.2) is 13.1 Å². The Morgan fingerprint density at radius 3 is 2.69 bits per heavy atom. The highest BCUT2D eigenvalue weighted by molar-refractivity contribution is 5.69. The van der Waals surface area contributed by atoms with Gasteiger partial charge in [-0.2, -0.15) is 0 Å². The Hall–Kier alpha value is -1.65. The number of benzene rings is 1. The first-order valence-electron chi connectivity index (χ1n) is 3.48. The minimum absolute atomic E-state index is 0.305. The number of hydrogen-bond donors (Lipinski definition) is 1. The Morgan fingerprint density at radius 1 is 1.46 bits per heavy atom. The average Bonchev–Trinajstić information content (AvgIpc) is 2.09. The zero-order chi connectivity index (χ0) is 9.84. The number of hydrogen-bond acceptors (Lipinski definition) is 2. The standard InChI is InChI=1S/C8H7F2NO2/c1-11-8(12)13-7-3-2-5(9)4-6(7)10/h2-4H,1H3,(H,11,12). The fourth-order valence-corrected chi connectivity index (χ4v) is 0.709. The largest absolute Gasteiger partial charge is 0.412 e. The predicted molar refractivity (Wildman–Crippen MR) is 41.4 cm³/mol. The molecule has 0 radical (unpaired) electrons. The van der Waals surface area contributed by atoms with E-state index in [-0.39, 0.29) is 5.75 Å². The number of ether oxygens (including phenoxy) is 1. The number of rotatable bonds is 1. The Bertz CT molecular complexity index is 328. The van der Waals surface area contributed by atoms with Crippen molar-refractivity contribution in [2.75, 3.05) is 7.05 Å². The van der Waals surface area contributed by atoms with Crippen molar-refractivity contribution in [1.82, 2.24) is 5.32 Å². The van der Waals surface area contributed by atoms with Crippen LogP contribution < -0.4 is 10.1 Å². The maximum atomic E-state index is 12.8. The molecule has 0 fully saturated rings. The minimum atomic E-state index is -0.913. The summed E-state index contributed by atoms with van der Waals surface area (Å²) in [5.41, 5.74) is 0. The van der Waals surface area contributed by atoms with Gasteiger partial charge in [0.2, 0.25) is 0 Å². The van der Waals surface area contributed by atoms with Crippen LogP contribution in [0.1, 0.15) is 0 Å². The van der Waals surface area contributed by atoms with Crippen LogP contribution in [0, 0.1) is 11.6 Å². The van der Waals surface area contributed by atoms with Crippen LogP contribution >= 0.6 is 0 Å². The van der Waals surface area contributed by atoms with E-state index in [2.05, 4.69) is 10.1 Å². The van der Waals surface area contributed by atoms with Crippen molar-refractivity contribution in [3.63, 3.8) is 0 Å². The molecule has 1 amide bonds. The lowest BCUT2D eigenvalue weighted by atomic mass is 10.3. The molecule has 1 aromatic rings. The molecule has 0 aromatic heterocycles. The molecule has 0 spiro atoms. The highest BCUT2D eigenvalue weighted by Crippen LogP contribution is 2.17. The van der Waals surface area contributed by atoms with Gasteiger partial charge < -0.3 is 10.1 Å². The zero-order valence-corrected chi connectivity index (χ0v) is 6.80. The van der Waals surface area contributed by atoms with E-state index in [4.69, 9.17) is 0 Å². The summed E-state index contributed by atoms with van der Waals surface area (Å²) in [6, 6.07) is 2.68. The molecule has 5 heteroatoms. The molecule has 0 aliphatic heterocycles. The second-order valence-corrected chi connectivity index (χ2v) is 2.21. The molecule has 0 aliphatic carbocycles. The minimum Gasteiger partial charge on any atom is -0.407 e. The van der Waals surface area contributed by atoms with E-state index in [1.807, 2.05) is 0 Å². The van der Waals surface area contributed by atoms with Crippen LogP contribution in [0.5, 0.6) is 5.75 Å². The van der Waals surface area contributed by atoms with Gasteiger partial charge in [0.05, 0.1) is 0 Å². The van der Waals surface area contributed by atoms with Gasteiger partial charge in [-0.15, -0.1) is 0 Å². The molecule has 1 rings (SSSR count). The van der Waals surface area contributed by atoms with Crippen molar-refractivity contribution in [3.05, 3.63) is 29.8 Å². The van der Waals surface area contributed by atoms with Gasteiger partial charge in [0, 0.05) is 13.1 Å². The van der Waals surface area contributed by atoms with Crippen LogP contribution in [0.4, 0.5) is 13.6 Å². The topological polar surface area (TPSA) is 38.3 Å². The SMILES string of the molecule is CNC(=O)Oc1ccc(F)cc1F. The van der Waals surface area contributed by atoms with E-state index < -0.39 is 17.7 Å². The summed E-state index contributed by atoms with van der Waals surface area (Å²) in [5.74, 6) is -1.94. The fraction of sp³-hybridized carbons (Fsp3) is 0.125. The summed E-state index contributed by atoms with van der Waals surface area (Å²) < 4.78 is 29.6. The lowest BCUT2D eigenvalue weighted by Gasteiger charge is -2.03. The molecule has 0 unspecified atom stereocenters. The molecule has 0 saturated heterocycles. The Labute approximate surface area is 73.3 Å². The molecule has 3 nitrogen and oxygen atoms in total. The molecule has 1 N–H and O–H groups in total. The molecule has 0 bridgehead atoms. The van der Waals surface area contributed by atoms with Crippen LogP contribution in [0.25, 0.3) is 0 Å². The fourth-order valence-electron chi connectivity index (χ4n) is 0.709. The molecular weight excluding hydrogens is 180 g/mol. The number of carbonyl (C=O) groups is 1. The van der Waals surface area contributed by atoms with E-state index in [0.29, 0.717) is 6.07 Å². The second kappa shape index (κ2) is 3.84. The average molecular weight is 187 g/mol. The first-order chi connectivity index (χ1) is 6.13. The maximum Gasteiger partial charge on any atom is 0.412 e. The molecule has 70 valence electrons. The molecule has 1 aromatic carbocycles. The number of halogens is 2. The summed E-state index contributed by atoms with van der Waals surface area (Å²) in [7, 11) is 1.34. The third-order valence-corrected chi connectivity index (χ3v) is 1.30. The third-order valence-electron chi connectivity index (χ3n) is 1.30. The monoisotopic (exact) mass is 187 g/mol. The molecule has 13 heavy (non-hydrogen) atoms. The van der Waals surface area contributed by atoms with Crippen LogP contribution in [-0.2, 0) is 0 Å². The molecule has 0 atom stereocenters. The predicted octanol–water partition coefficient (Wildman–Crippen LogP) is 1.68. The number of carbonyl (C=O) groups excluding carboxylic acids is 1. The van der Waals surface area contributed by atoms with Crippen LogP contribution in [0.2, 0.25) is 0 Å². The van der Waals surface area contributed by atoms with Crippen molar-refractivity contribution in [1.29, 1.82) is 0 Å². The summed E-state index contributed by atoms with van der Waals surface area (Å²) in [5, 5.41) is 2.13. The van der Waals surface area contributed by atoms with Gasteiger partial charge >= 0.3 is 6.09 Å². The van der Waals surface area contributed by atoms with Crippen molar-refractivity contribution in [2.24, 2.45) is 0 Å². The quantitative estimate of drug-likeness (QED) is 0.726. The van der Waals surface area contributed by atoms with E-state index >= 15 is 0 Å². The van der Waals surface area contributed by atoms with Gasteiger partial charge in [0.15, 0.2) is 11.6 Å². The van der Waals surface area contributed by atoms with Crippen LogP contribution in [0.3, 0.4) is 0 Å². The summed E-state index contributed by atoms with van der Waals surface area (Å²) in [6.45, 7) is 0. The van der Waals surface area contributed by atoms with Gasteiger partial charge in [0.25, 0.3) is 0 Å². The Balaban J connectivity index is 2.83. The zero-order valence-electron chi connectivity index (χ0n) is 6.80. The van der Waals surface area contributed by atoms with E-state index in [1.54, 1.807) is 0 Å². The number of nitrogens with one attached hydrogen (secondary N) is 1. The first-order valence-corrected chi connectivity index (χ1v) is 3.48. The smallest absolute Gasteiger partial charge is 0.407 e. The van der Waals surface area contributed by atoms with Gasteiger partial charge in [-0.1, -0.05) is 0 Å². The number of amides is 1. The normalized spacial score (nSPS) is 9.46. The second-order valence-electron chi connectivity index (χ2n) is 2.21. The van der Waals surface area contributed by atoms with Crippen molar-refractivity contribution < 1.29 is 18.3 Å². The summed E-state index contributed by atoms with van der Waals surface area (Å²) in [6.07, 6.45) is -0.800. The molecule has 0 heterocycles. The van der Waals surface area contributed by atoms with Crippen molar-refractivity contribution in [3.8, 4) is 5.75 Å². The molecule has 0 saturated carbocycles. The highest BCUT2D eigenvalue weighted by atomic mass is 19.1. The van der Waals surface area contributed by atoms with E-state index in [9.17, 15) is 13.6 Å². The summed E-state index contributed by atoms with van der Waals surface area (Å²) in [4.78, 5) is 10.6. The Kier molecular flexibility index (Phi) is 2.79. The van der Waals surface area contributed by atoms with Gasteiger partial charge in [-0.05, 0) is 12.1 Å². The van der Waals surface area contributed by atoms with Gasteiger partial charge in [-0.3, -0.25) is 0 Å². The van der Waals surface area contributed by atoms with Crippen molar-refractivity contribution in [2.45, 2.75) is 0 Å². The first kappa shape index (κ1) is 9.44. The molecule has 0 aliphatic rings. The van der Waals surface area contributed by atoms with Crippen LogP contribution in [0.15, 0.2) is 18.2 Å². The highest BCUT2D eigenvalue weighted by Gasteiger charge is 2.07.